The first kappa shape index (κ1) is 12.2. The predicted octanol–water partition coefficient (Wildman–Crippen LogP) is 2.96. The van der Waals surface area contributed by atoms with E-state index in [1.54, 1.807) is 0 Å². The van der Waals surface area contributed by atoms with Crippen LogP contribution < -0.4 is 10.6 Å². The molecule has 1 aromatic rings. The second-order valence-corrected chi connectivity index (χ2v) is 6.62. The Hall–Kier alpha value is -1.51. The summed E-state index contributed by atoms with van der Waals surface area (Å²) in [6, 6.07) is 6.53. The molecule has 2 aliphatic carbocycles. The van der Waals surface area contributed by atoms with Gasteiger partial charge in [-0.1, -0.05) is 18.6 Å². The molecule has 3 unspecified atom stereocenters. The minimum absolute atomic E-state index is 0.119. The van der Waals surface area contributed by atoms with Crippen molar-refractivity contribution in [3.05, 3.63) is 29.3 Å². The summed E-state index contributed by atoms with van der Waals surface area (Å²) >= 11 is 0. The summed E-state index contributed by atoms with van der Waals surface area (Å²) in [7, 11) is 0. The van der Waals surface area contributed by atoms with Crippen LogP contribution in [0.15, 0.2) is 18.2 Å². The largest absolute Gasteiger partial charge is 0.384 e. The number of carbonyl (C=O) groups is 1. The number of amides is 1. The molecule has 106 valence electrons. The van der Waals surface area contributed by atoms with Gasteiger partial charge in [0.25, 0.3) is 5.91 Å². The predicted molar refractivity (Wildman–Crippen MR) is 80.0 cm³/mol. The van der Waals surface area contributed by atoms with Crippen molar-refractivity contribution in [2.75, 3.05) is 11.9 Å². The highest BCUT2D eigenvalue weighted by Gasteiger charge is 2.40. The van der Waals surface area contributed by atoms with E-state index in [1.165, 1.54) is 31.2 Å². The Bertz CT molecular complexity index is 540. The van der Waals surface area contributed by atoms with Crippen molar-refractivity contribution < 1.29 is 4.79 Å². The van der Waals surface area contributed by atoms with Gasteiger partial charge < -0.3 is 10.6 Å². The number of nitrogens with one attached hydrogen (secondary N) is 2. The van der Waals surface area contributed by atoms with Crippen molar-refractivity contribution >= 4 is 11.6 Å². The minimum Gasteiger partial charge on any atom is -0.384 e. The SMILES string of the molecule is O=C(NC1CC2CCC1C2)c1cccc2c1NCCC2. The maximum atomic E-state index is 12.6. The molecule has 1 aromatic carbocycles. The van der Waals surface area contributed by atoms with Crippen LogP contribution in [0.4, 0.5) is 5.69 Å². The Labute approximate surface area is 120 Å². The first-order valence-corrected chi connectivity index (χ1v) is 7.98. The molecular weight excluding hydrogens is 248 g/mol. The van der Waals surface area contributed by atoms with Crippen LogP contribution >= 0.6 is 0 Å². The van der Waals surface area contributed by atoms with E-state index < -0.39 is 0 Å². The monoisotopic (exact) mass is 270 g/mol. The van der Waals surface area contributed by atoms with E-state index in [0.717, 1.165) is 42.5 Å². The van der Waals surface area contributed by atoms with Gasteiger partial charge in [0.2, 0.25) is 0 Å². The summed E-state index contributed by atoms with van der Waals surface area (Å²) in [4.78, 5) is 12.6. The number of carbonyl (C=O) groups excluding carboxylic acids is 1. The lowest BCUT2D eigenvalue weighted by Crippen LogP contribution is -2.39. The molecule has 0 aromatic heterocycles. The van der Waals surface area contributed by atoms with Crippen LogP contribution in [0.1, 0.15) is 48.0 Å². The first-order chi connectivity index (χ1) is 9.81. The topological polar surface area (TPSA) is 41.1 Å². The zero-order valence-corrected chi connectivity index (χ0v) is 11.8. The van der Waals surface area contributed by atoms with Gasteiger partial charge >= 0.3 is 0 Å². The van der Waals surface area contributed by atoms with E-state index in [1.807, 2.05) is 12.1 Å². The fraction of sp³-hybridized carbons (Fsp3) is 0.588. The standard InChI is InChI=1S/C17H22N2O/c20-17(19-15-10-11-6-7-13(15)9-11)14-5-1-3-12-4-2-8-18-16(12)14/h1,3,5,11,13,15,18H,2,4,6-10H2,(H,19,20). The van der Waals surface area contributed by atoms with Crippen molar-refractivity contribution in [3.63, 3.8) is 0 Å². The third-order valence-electron chi connectivity index (χ3n) is 5.37. The highest BCUT2D eigenvalue weighted by Crippen LogP contribution is 2.44. The summed E-state index contributed by atoms with van der Waals surface area (Å²) in [5.74, 6) is 1.72. The van der Waals surface area contributed by atoms with Gasteiger partial charge in [-0.25, -0.2) is 0 Å². The molecule has 20 heavy (non-hydrogen) atoms. The first-order valence-electron chi connectivity index (χ1n) is 7.98. The van der Waals surface area contributed by atoms with Gasteiger partial charge in [-0.15, -0.1) is 0 Å². The molecule has 1 aliphatic heterocycles. The molecule has 2 N–H and O–H groups in total. The number of fused-ring (bicyclic) bond motifs is 3. The molecule has 0 saturated heterocycles. The molecule has 3 nitrogen and oxygen atoms in total. The molecule has 0 radical (unpaired) electrons. The van der Waals surface area contributed by atoms with E-state index in [4.69, 9.17) is 0 Å². The average Bonchev–Trinajstić information content (AvgIpc) is 3.09. The van der Waals surface area contributed by atoms with Gasteiger partial charge in [0.15, 0.2) is 0 Å². The van der Waals surface area contributed by atoms with Crippen LogP contribution in [-0.2, 0) is 6.42 Å². The Balaban J connectivity index is 1.54. The lowest BCUT2D eigenvalue weighted by Gasteiger charge is -2.25. The molecule has 2 bridgehead atoms. The van der Waals surface area contributed by atoms with Crippen molar-refractivity contribution in [2.45, 2.75) is 44.6 Å². The van der Waals surface area contributed by atoms with E-state index in [2.05, 4.69) is 16.7 Å². The number of aryl methyl sites for hydroxylation is 1. The van der Waals surface area contributed by atoms with E-state index in [-0.39, 0.29) is 5.91 Å². The molecule has 3 atom stereocenters. The number of hydrogen-bond donors (Lipinski definition) is 2. The molecule has 3 heteroatoms. The molecule has 2 saturated carbocycles. The highest BCUT2D eigenvalue weighted by atomic mass is 16.1. The molecule has 2 fully saturated rings. The Morgan fingerprint density at radius 1 is 1.25 bits per heavy atom. The maximum absolute atomic E-state index is 12.6. The summed E-state index contributed by atoms with van der Waals surface area (Å²) in [5, 5.41) is 6.71. The summed E-state index contributed by atoms with van der Waals surface area (Å²) in [6.45, 7) is 0.978. The van der Waals surface area contributed by atoms with Gasteiger partial charge in [0.1, 0.15) is 0 Å². The van der Waals surface area contributed by atoms with Crippen LogP contribution in [-0.4, -0.2) is 18.5 Å². The van der Waals surface area contributed by atoms with Crippen LogP contribution in [0.5, 0.6) is 0 Å². The maximum Gasteiger partial charge on any atom is 0.253 e. The molecular formula is C17H22N2O. The van der Waals surface area contributed by atoms with Gasteiger partial charge in [-0.2, -0.15) is 0 Å². The fourth-order valence-electron chi connectivity index (χ4n) is 4.37. The van der Waals surface area contributed by atoms with Crippen molar-refractivity contribution in [2.24, 2.45) is 11.8 Å². The molecule has 0 spiro atoms. The third kappa shape index (κ3) is 2.00. The smallest absolute Gasteiger partial charge is 0.253 e. The Kier molecular flexibility index (Phi) is 2.94. The highest BCUT2D eigenvalue weighted by molar-refractivity contribution is 6.00. The molecule has 4 rings (SSSR count). The van der Waals surface area contributed by atoms with E-state index >= 15 is 0 Å². The quantitative estimate of drug-likeness (QED) is 0.867. The molecule has 1 amide bonds. The lowest BCUT2D eigenvalue weighted by atomic mass is 9.94. The minimum atomic E-state index is 0.119. The van der Waals surface area contributed by atoms with Crippen LogP contribution in [0.3, 0.4) is 0 Å². The number of benzene rings is 1. The van der Waals surface area contributed by atoms with Crippen LogP contribution in [0, 0.1) is 11.8 Å². The molecule has 3 aliphatic rings. The van der Waals surface area contributed by atoms with E-state index in [9.17, 15) is 4.79 Å². The Morgan fingerprint density at radius 3 is 3.00 bits per heavy atom. The van der Waals surface area contributed by atoms with Gasteiger partial charge in [0.05, 0.1) is 11.3 Å². The van der Waals surface area contributed by atoms with Crippen LogP contribution in [0.2, 0.25) is 0 Å². The fourth-order valence-corrected chi connectivity index (χ4v) is 4.37. The summed E-state index contributed by atoms with van der Waals surface area (Å²) < 4.78 is 0. The summed E-state index contributed by atoms with van der Waals surface area (Å²) in [6.07, 6.45) is 7.44. The Morgan fingerprint density at radius 2 is 2.20 bits per heavy atom. The second-order valence-electron chi connectivity index (χ2n) is 6.62. The normalized spacial score (nSPS) is 30.7. The zero-order chi connectivity index (χ0) is 13.5. The third-order valence-corrected chi connectivity index (χ3v) is 5.37. The number of rotatable bonds is 2. The van der Waals surface area contributed by atoms with Crippen molar-refractivity contribution in [3.8, 4) is 0 Å². The molecule has 1 heterocycles. The number of para-hydroxylation sites is 1. The van der Waals surface area contributed by atoms with Gasteiger partial charge in [-0.3, -0.25) is 4.79 Å². The number of hydrogen-bond acceptors (Lipinski definition) is 2. The van der Waals surface area contributed by atoms with E-state index in [0.29, 0.717) is 6.04 Å². The average molecular weight is 270 g/mol. The van der Waals surface area contributed by atoms with Gasteiger partial charge in [-0.05, 0) is 55.6 Å². The lowest BCUT2D eigenvalue weighted by molar-refractivity contribution is 0.0923. The second kappa shape index (κ2) is 4.80. The number of anilines is 1. The van der Waals surface area contributed by atoms with Gasteiger partial charge in [0, 0.05) is 12.6 Å². The van der Waals surface area contributed by atoms with Crippen molar-refractivity contribution in [1.82, 2.24) is 5.32 Å². The van der Waals surface area contributed by atoms with Crippen molar-refractivity contribution in [1.29, 1.82) is 0 Å². The zero-order valence-electron chi connectivity index (χ0n) is 11.8. The van der Waals surface area contributed by atoms with Crippen LogP contribution in [0.25, 0.3) is 0 Å². The summed E-state index contributed by atoms with van der Waals surface area (Å²) in [5.41, 5.74) is 3.20.